The molecule has 0 atom stereocenters. The highest BCUT2D eigenvalue weighted by atomic mass is 16.5. The number of hydrogen-bond acceptors (Lipinski definition) is 3. The fraction of sp³-hybridized carbons (Fsp3) is 0.692. The number of aromatic nitrogens is 2. The first-order valence-electron chi connectivity index (χ1n) is 6.47. The van der Waals surface area contributed by atoms with E-state index in [9.17, 15) is 4.79 Å². The predicted molar refractivity (Wildman–Crippen MR) is 66.2 cm³/mol. The minimum absolute atomic E-state index is 0.164. The van der Waals surface area contributed by atoms with E-state index in [1.807, 2.05) is 19.4 Å². The van der Waals surface area contributed by atoms with Gasteiger partial charge in [-0.2, -0.15) is 5.10 Å². The largest absolute Gasteiger partial charge is 0.481 e. The maximum absolute atomic E-state index is 10.8. The average Bonchev–Trinajstić information content (AvgIpc) is 2.76. The summed E-state index contributed by atoms with van der Waals surface area (Å²) >= 11 is 0. The molecular formula is C13H20N2O3. The van der Waals surface area contributed by atoms with Crippen LogP contribution in [0.5, 0.6) is 0 Å². The Morgan fingerprint density at radius 3 is 2.78 bits per heavy atom. The van der Waals surface area contributed by atoms with Gasteiger partial charge in [0.1, 0.15) is 0 Å². The number of ether oxygens (including phenoxy) is 1. The summed E-state index contributed by atoms with van der Waals surface area (Å²) in [6.07, 6.45) is 8.16. The molecule has 1 N–H and O–H groups in total. The predicted octanol–water partition coefficient (Wildman–Crippen LogP) is 1.62. The van der Waals surface area contributed by atoms with Gasteiger partial charge in [-0.25, -0.2) is 0 Å². The Bertz CT molecular complexity index is 395. The lowest BCUT2D eigenvalue weighted by molar-refractivity contribution is -0.143. The van der Waals surface area contributed by atoms with E-state index in [0.29, 0.717) is 6.61 Å². The molecule has 0 spiro atoms. The first-order chi connectivity index (χ1) is 8.65. The maximum Gasteiger partial charge on any atom is 0.306 e. The highest BCUT2D eigenvalue weighted by molar-refractivity contribution is 5.70. The normalized spacial score (nSPS) is 24.1. The maximum atomic E-state index is 10.8. The molecule has 1 heterocycles. The molecule has 1 fully saturated rings. The number of nitrogens with zero attached hydrogens (tertiary/aromatic N) is 2. The standard InChI is InChI=1S/C13H20N2O3/c1-15-9-10(8-14-15)6-7-18-12-4-2-11(3-5-12)13(16)17/h8-9,11-12H,2-7H2,1H3,(H,16,17). The van der Waals surface area contributed by atoms with Crippen molar-refractivity contribution < 1.29 is 14.6 Å². The summed E-state index contributed by atoms with van der Waals surface area (Å²) in [5.74, 6) is -0.827. The highest BCUT2D eigenvalue weighted by Crippen LogP contribution is 2.26. The lowest BCUT2D eigenvalue weighted by Crippen LogP contribution is -2.26. The van der Waals surface area contributed by atoms with Gasteiger partial charge in [-0.05, 0) is 37.7 Å². The average molecular weight is 252 g/mol. The number of aliphatic carboxylic acids is 1. The number of carboxylic acids is 1. The third-order valence-electron chi connectivity index (χ3n) is 3.53. The van der Waals surface area contributed by atoms with Crippen molar-refractivity contribution in [3.8, 4) is 0 Å². The molecule has 1 aromatic heterocycles. The summed E-state index contributed by atoms with van der Waals surface area (Å²) in [7, 11) is 1.90. The van der Waals surface area contributed by atoms with Crippen molar-refractivity contribution in [2.45, 2.75) is 38.2 Å². The highest BCUT2D eigenvalue weighted by Gasteiger charge is 2.26. The van der Waals surface area contributed by atoms with E-state index in [1.165, 1.54) is 5.56 Å². The molecule has 18 heavy (non-hydrogen) atoms. The second kappa shape index (κ2) is 6.00. The molecule has 0 unspecified atom stereocenters. The minimum Gasteiger partial charge on any atom is -0.481 e. The van der Waals surface area contributed by atoms with Crippen LogP contribution in [0.1, 0.15) is 31.2 Å². The van der Waals surface area contributed by atoms with Crippen LogP contribution in [0.15, 0.2) is 12.4 Å². The smallest absolute Gasteiger partial charge is 0.306 e. The second-order valence-electron chi connectivity index (χ2n) is 4.95. The van der Waals surface area contributed by atoms with Crippen LogP contribution in [0.4, 0.5) is 0 Å². The van der Waals surface area contributed by atoms with E-state index in [2.05, 4.69) is 5.10 Å². The van der Waals surface area contributed by atoms with Crippen LogP contribution in [0, 0.1) is 5.92 Å². The Morgan fingerprint density at radius 2 is 2.22 bits per heavy atom. The van der Waals surface area contributed by atoms with Crippen molar-refractivity contribution in [1.82, 2.24) is 9.78 Å². The molecule has 100 valence electrons. The van der Waals surface area contributed by atoms with Gasteiger partial charge in [0, 0.05) is 13.2 Å². The third-order valence-corrected chi connectivity index (χ3v) is 3.53. The van der Waals surface area contributed by atoms with Gasteiger partial charge in [0.2, 0.25) is 0 Å². The Hall–Kier alpha value is -1.36. The summed E-state index contributed by atoms with van der Waals surface area (Å²) in [6, 6.07) is 0. The van der Waals surface area contributed by atoms with Gasteiger partial charge in [-0.15, -0.1) is 0 Å². The van der Waals surface area contributed by atoms with E-state index in [4.69, 9.17) is 9.84 Å². The van der Waals surface area contributed by atoms with E-state index in [-0.39, 0.29) is 12.0 Å². The Balaban J connectivity index is 1.65. The molecule has 1 aliphatic carbocycles. The van der Waals surface area contributed by atoms with Gasteiger partial charge in [-0.1, -0.05) is 0 Å². The van der Waals surface area contributed by atoms with Crippen LogP contribution in [-0.2, 0) is 23.0 Å². The second-order valence-corrected chi connectivity index (χ2v) is 4.95. The first-order valence-corrected chi connectivity index (χ1v) is 6.47. The first kappa shape index (κ1) is 13.1. The van der Waals surface area contributed by atoms with Gasteiger partial charge < -0.3 is 9.84 Å². The van der Waals surface area contributed by atoms with Crippen molar-refractivity contribution >= 4 is 5.97 Å². The summed E-state index contributed by atoms with van der Waals surface area (Å²) in [5.41, 5.74) is 1.18. The van der Waals surface area contributed by atoms with E-state index >= 15 is 0 Å². The molecule has 0 bridgehead atoms. The Labute approximate surface area is 107 Å². The van der Waals surface area contributed by atoms with Crippen LogP contribution < -0.4 is 0 Å². The molecule has 5 nitrogen and oxygen atoms in total. The topological polar surface area (TPSA) is 64.3 Å². The number of carbonyl (C=O) groups is 1. The summed E-state index contributed by atoms with van der Waals surface area (Å²) < 4.78 is 7.58. The Morgan fingerprint density at radius 1 is 1.50 bits per heavy atom. The molecule has 0 amide bonds. The molecule has 0 radical (unpaired) electrons. The van der Waals surface area contributed by atoms with Gasteiger partial charge in [0.05, 0.1) is 24.8 Å². The molecule has 0 aliphatic heterocycles. The van der Waals surface area contributed by atoms with Crippen molar-refractivity contribution in [3.05, 3.63) is 18.0 Å². The monoisotopic (exact) mass is 252 g/mol. The van der Waals surface area contributed by atoms with Crippen LogP contribution in [0.3, 0.4) is 0 Å². The number of hydrogen-bond donors (Lipinski definition) is 1. The minimum atomic E-state index is -0.663. The van der Waals surface area contributed by atoms with Crippen molar-refractivity contribution in [3.63, 3.8) is 0 Å². The molecule has 0 aromatic carbocycles. The zero-order chi connectivity index (χ0) is 13.0. The summed E-state index contributed by atoms with van der Waals surface area (Å²) in [6.45, 7) is 0.689. The van der Waals surface area contributed by atoms with Gasteiger partial charge in [0.25, 0.3) is 0 Å². The fourth-order valence-corrected chi connectivity index (χ4v) is 2.42. The molecular weight excluding hydrogens is 232 g/mol. The van der Waals surface area contributed by atoms with E-state index in [0.717, 1.165) is 32.1 Å². The SMILES string of the molecule is Cn1cc(CCOC2CCC(C(=O)O)CC2)cn1. The van der Waals surface area contributed by atoms with Gasteiger partial charge >= 0.3 is 5.97 Å². The van der Waals surface area contributed by atoms with Crippen LogP contribution >= 0.6 is 0 Å². The number of carboxylic acid groups (broad SMARTS) is 1. The number of rotatable bonds is 5. The molecule has 1 aliphatic rings. The molecule has 1 saturated carbocycles. The molecule has 2 rings (SSSR count). The van der Waals surface area contributed by atoms with Crippen LogP contribution in [-0.4, -0.2) is 33.6 Å². The van der Waals surface area contributed by atoms with Gasteiger partial charge in [0.15, 0.2) is 0 Å². The lowest BCUT2D eigenvalue weighted by atomic mass is 9.87. The summed E-state index contributed by atoms with van der Waals surface area (Å²) in [4.78, 5) is 10.8. The van der Waals surface area contributed by atoms with E-state index < -0.39 is 5.97 Å². The molecule has 1 aromatic rings. The summed E-state index contributed by atoms with van der Waals surface area (Å²) in [5, 5.41) is 13.0. The lowest BCUT2D eigenvalue weighted by Gasteiger charge is -2.26. The van der Waals surface area contributed by atoms with Crippen LogP contribution in [0.25, 0.3) is 0 Å². The van der Waals surface area contributed by atoms with Crippen molar-refractivity contribution in [1.29, 1.82) is 0 Å². The fourth-order valence-electron chi connectivity index (χ4n) is 2.42. The quantitative estimate of drug-likeness (QED) is 0.865. The van der Waals surface area contributed by atoms with Gasteiger partial charge in [-0.3, -0.25) is 9.48 Å². The zero-order valence-corrected chi connectivity index (χ0v) is 10.7. The van der Waals surface area contributed by atoms with Crippen molar-refractivity contribution in [2.75, 3.05) is 6.61 Å². The molecule has 5 heteroatoms. The van der Waals surface area contributed by atoms with Crippen molar-refractivity contribution in [2.24, 2.45) is 13.0 Å². The molecule has 0 saturated heterocycles. The third kappa shape index (κ3) is 3.57. The zero-order valence-electron chi connectivity index (χ0n) is 10.7. The Kier molecular flexibility index (Phi) is 4.36. The van der Waals surface area contributed by atoms with E-state index in [1.54, 1.807) is 4.68 Å². The van der Waals surface area contributed by atoms with Crippen LogP contribution in [0.2, 0.25) is 0 Å². The number of aryl methyl sites for hydroxylation is 1.